The number of nitrogens with zero attached hydrogens (tertiary/aromatic N) is 1. The molecule has 0 aromatic heterocycles. The first-order valence-electron chi connectivity index (χ1n) is 8.15. The number of carbonyl (C=O) groups is 2. The standard InChI is InChI=1S/C21H13F2N3O2/c22-17-5-2-6-18(23)19(17)26-21(28)15-9-7-14(8-10-15)20(27)25-16-4-1-3-13(11-16)12-24/h1-11H,(H,25,27)(H,26,28). The van der Waals surface area contributed by atoms with E-state index in [4.69, 9.17) is 5.26 Å². The summed E-state index contributed by atoms with van der Waals surface area (Å²) in [5.41, 5.74) is 0.736. The molecule has 0 fully saturated rings. The highest BCUT2D eigenvalue weighted by molar-refractivity contribution is 6.07. The van der Waals surface area contributed by atoms with Crippen molar-refractivity contribution in [2.45, 2.75) is 0 Å². The fraction of sp³-hybridized carbons (Fsp3) is 0. The lowest BCUT2D eigenvalue weighted by Gasteiger charge is -2.09. The van der Waals surface area contributed by atoms with Crippen molar-refractivity contribution in [2.24, 2.45) is 0 Å². The van der Waals surface area contributed by atoms with Crippen molar-refractivity contribution in [1.82, 2.24) is 0 Å². The summed E-state index contributed by atoms with van der Waals surface area (Å²) in [4.78, 5) is 24.5. The van der Waals surface area contributed by atoms with Crippen molar-refractivity contribution >= 4 is 23.2 Å². The maximum Gasteiger partial charge on any atom is 0.255 e. The molecule has 0 radical (unpaired) electrons. The molecule has 0 spiro atoms. The van der Waals surface area contributed by atoms with Gasteiger partial charge in [-0.2, -0.15) is 5.26 Å². The molecular weight excluding hydrogens is 364 g/mol. The summed E-state index contributed by atoms with van der Waals surface area (Å²) in [6.45, 7) is 0. The molecule has 3 aromatic rings. The minimum Gasteiger partial charge on any atom is -0.322 e. The van der Waals surface area contributed by atoms with E-state index < -0.39 is 29.1 Å². The number of nitriles is 1. The number of para-hydroxylation sites is 1. The number of hydrogen-bond acceptors (Lipinski definition) is 3. The van der Waals surface area contributed by atoms with Crippen molar-refractivity contribution in [1.29, 1.82) is 5.26 Å². The highest BCUT2D eigenvalue weighted by Crippen LogP contribution is 2.19. The summed E-state index contributed by atoms with van der Waals surface area (Å²) in [5.74, 6) is -2.91. The predicted octanol–water partition coefficient (Wildman–Crippen LogP) is 4.34. The van der Waals surface area contributed by atoms with Crippen LogP contribution in [-0.4, -0.2) is 11.8 Å². The Balaban J connectivity index is 1.71. The van der Waals surface area contributed by atoms with Crippen LogP contribution in [0.5, 0.6) is 0 Å². The summed E-state index contributed by atoms with van der Waals surface area (Å²) < 4.78 is 27.3. The number of benzene rings is 3. The summed E-state index contributed by atoms with van der Waals surface area (Å²) in [6, 6.07) is 17.2. The Bertz CT molecular complexity index is 1070. The van der Waals surface area contributed by atoms with Gasteiger partial charge in [-0.05, 0) is 54.6 Å². The molecule has 0 aliphatic rings. The molecule has 28 heavy (non-hydrogen) atoms. The fourth-order valence-corrected chi connectivity index (χ4v) is 2.45. The molecule has 5 nitrogen and oxygen atoms in total. The van der Waals surface area contributed by atoms with Crippen LogP contribution < -0.4 is 10.6 Å². The van der Waals surface area contributed by atoms with Crippen LogP contribution in [-0.2, 0) is 0 Å². The minimum absolute atomic E-state index is 0.130. The molecule has 138 valence electrons. The first-order valence-corrected chi connectivity index (χ1v) is 8.15. The number of halogens is 2. The second-order valence-corrected chi connectivity index (χ2v) is 5.77. The lowest BCUT2D eigenvalue weighted by molar-refractivity contribution is 0.101. The van der Waals surface area contributed by atoms with Crippen molar-refractivity contribution in [2.75, 3.05) is 10.6 Å². The van der Waals surface area contributed by atoms with Crippen LogP contribution in [0.15, 0.2) is 66.7 Å². The quantitative estimate of drug-likeness (QED) is 0.710. The molecule has 0 bridgehead atoms. The van der Waals surface area contributed by atoms with Crippen molar-refractivity contribution in [3.8, 4) is 6.07 Å². The van der Waals surface area contributed by atoms with Gasteiger partial charge in [0.15, 0.2) is 0 Å². The molecule has 2 N–H and O–H groups in total. The van der Waals surface area contributed by atoms with E-state index in [0.29, 0.717) is 11.3 Å². The van der Waals surface area contributed by atoms with Gasteiger partial charge in [0.05, 0.1) is 11.6 Å². The van der Waals surface area contributed by atoms with Gasteiger partial charge in [-0.25, -0.2) is 8.78 Å². The molecule has 0 atom stereocenters. The number of rotatable bonds is 4. The molecule has 7 heteroatoms. The van der Waals surface area contributed by atoms with Crippen molar-refractivity contribution in [3.05, 3.63) is 95.1 Å². The van der Waals surface area contributed by atoms with Crippen LogP contribution in [0.3, 0.4) is 0 Å². The molecule has 0 aliphatic carbocycles. The summed E-state index contributed by atoms with van der Waals surface area (Å²) in [7, 11) is 0. The Kier molecular flexibility index (Phi) is 5.42. The molecule has 2 amide bonds. The minimum atomic E-state index is -0.885. The summed E-state index contributed by atoms with van der Waals surface area (Å²) in [6.07, 6.45) is 0. The molecule has 0 heterocycles. The zero-order valence-corrected chi connectivity index (χ0v) is 14.4. The first-order chi connectivity index (χ1) is 13.5. The topological polar surface area (TPSA) is 82.0 Å². The largest absolute Gasteiger partial charge is 0.322 e. The van der Waals surface area contributed by atoms with Gasteiger partial charge in [-0.1, -0.05) is 12.1 Å². The lowest BCUT2D eigenvalue weighted by Crippen LogP contribution is -2.15. The second kappa shape index (κ2) is 8.10. The van der Waals surface area contributed by atoms with Crippen LogP contribution in [0.2, 0.25) is 0 Å². The van der Waals surface area contributed by atoms with Gasteiger partial charge in [0.1, 0.15) is 17.3 Å². The Morgan fingerprint density at radius 3 is 1.89 bits per heavy atom. The Morgan fingerprint density at radius 2 is 1.32 bits per heavy atom. The van der Waals surface area contributed by atoms with Gasteiger partial charge in [-0.15, -0.1) is 0 Å². The normalized spacial score (nSPS) is 10.0. The van der Waals surface area contributed by atoms with E-state index in [1.165, 1.54) is 36.4 Å². The van der Waals surface area contributed by atoms with Gasteiger partial charge in [0.25, 0.3) is 11.8 Å². The van der Waals surface area contributed by atoms with E-state index in [1.807, 2.05) is 6.07 Å². The SMILES string of the molecule is N#Cc1cccc(NC(=O)c2ccc(C(=O)Nc3c(F)cccc3F)cc2)c1. The zero-order valence-electron chi connectivity index (χ0n) is 14.4. The number of amides is 2. The van der Waals surface area contributed by atoms with E-state index in [9.17, 15) is 18.4 Å². The van der Waals surface area contributed by atoms with Crippen molar-refractivity contribution in [3.63, 3.8) is 0 Å². The highest BCUT2D eigenvalue weighted by atomic mass is 19.1. The monoisotopic (exact) mass is 377 g/mol. The van der Waals surface area contributed by atoms with E-state index in [0.717, 1.165) is 12.1 Å². The third-order valence-electron chi connectivity index (χ3n) is 3.86. The Hall–Kier alpha value is -4.05. The Morgan fingerprint density at radius 1 is 0.786 bits per heavy atom. The van der Waals surface area contributed by atoms with E-state index in [-0.39, 0.29) is 11.1 Å². The smallest absolute Gasteiger partial charge is 0.255 e. The first kappa shape index (κ1) is 18.7. The molecule has 3 rings (SSSR count). The maximum atomic E-state index is 13.6. The number of hydrogen-bond donors (Lipinski definition) is 2. The molecule has 0 saturated carbocycles. The average Bonchev–Trinajstić information content (AvgIpc) is 2.71. The zero-order chi connectivity index (χ0) is 20.1. The van der Waals surface area contributed by atoms with Crippen molar-refractivity contribution < 1.29 is 18.4 Å². The number of anilines is 2. The highest BCUT2D eigenvalue weighted by Gasteiger charge is 2.14. The van der Waals surface area contributed by atoms with Gasteiger partial charge in [0.2, 0.25) is 0 Å². The summed E-state index contributed by atoms with van der Waals surface area (Å²) >= 11 is 0. The number of nitrogens with one attached hydrogen (secondary N) is 2. The molecule has 0 saturated heterocycles. The Labute approximate surface area is 159 Å². The van der Waals surface area contributed by atoms with E-state index in [1.54, 1.807) is 18.2 Å². The molecular formula is C21H13F2N3O2. The third-order valence-corrected chi connectivity index (χ3v) is 3.86. The second-order valence-electron chi connectivity index (χ2n) is 5.77. The average molecular weight is 377 g/mol. The molecule has 3 aromatic carbocycles. The van der Waals surface area contributed by atoms with Crippen LogP contribution in [0.25, 0.3) is 0 Å². The van der Waals surface area contributed by atoms with Gasteiger partial charge in [-0.3, -0.25) is 9.59 Å². The van der Waals surface area contributed by atoms with Gasteiger partial charge < -0.3 is 10.6 Å². The molecule has 0 aliphatic heterocycles. The van der Waals surface area contributed by atoms with Crippen LogP contribution >= 0.6 is 0 Å². The number of carbonyl (C=O) groups excluding carboxylic acids is 2. The predicted molar refractivity (Wildman–Crippen MR) is 99.9 cm³/mol. The van der Waals surface area contributed by atoms with Crippen LogP contribution in [0.4, 0.5) is 20.2 Å². The van der Waals surface area contributed by atoms with E-state index in [2.05, 4.69) is 10.6 Å². The maximum absolute atomic E-state index is 13.6. The summed E-state index contributed by atoms with van der Waals surface area (Å²) in [5, 5.41) is 13.7. The fourth-order valence-electron chi connectivity index (χ4n) is 2.45. The molecule has 0 unspecified atom stereocenters. The van der Waals surface area contributed by atoms with E-state index >= 15 is 0 Å². The van der Waals surface area contributed by atoms with Gasteiger partial charge >= 0.3 is 0 Å². The van der Waals surface area contributed by atoms with Crippen LogP contribution in [0.1, 0.15) is 26.3 Å². The van der Waals surface area contributed by atoms with Gasteiger partial charge in [0, 0.05) is 16.8 Å². The van der Waals surface area contributed by atoms with Crippen LogP contribution in [0, 0.1) is 23.0 Å². The third kappa shape index (κ3) is 4.19. The lowest BCUT2D eigenvalue weighted by atomic mass is 10.1.